The Hall–Kier alpha value is -0.510. The number of Topliss-reactive ketones (excluding diaryl/α,β-unsaturated/α-hetero) is 1. The molecule has 0 radical (unpaired) electrons. The van der Waals surface area contributed by atoms with Crippen molar-refractivity contribution < 1.29 is 14.7 Å². The Morgan fingerprint density at radius 2 is 1.92 bits per heavy atom. The summed E-state index contributed by atoms with van der Waals surface area (Å²) >= 11 is 3.87. The second-order valence-corrected chi connectivity index (χ2v) is 3.92. The normalized spacial score (nSPS) is 15.0. The second kappa shape index (κ2) is 5.27. The maximum atomic E-state index is 11.0. The van der Waals surface area contributed by atoms with E-state index in [2.05, 4.69) is 12.6 Å². The van der Waals surface area contributed by atoms with Crippen molar-refractivity contribution in [1.82, 2.24) is 0 Å². The van der Waals surface area contributed by atoms with E-state index in [1.165, 1.54) is 6.92 Å². The van der Waals surface area contributed by atoms with Gasteiger partial charge in [-0.3, -0.25) is 4.79 Å². The molecule has 0 aromatic rings. The van der Waals surface area contributed by atoms with Crippen LogP contribution in [0.5, 0.6) is 0 Å². The lowest BCUT2D eigenvalue weighted by Crippen LogP contribution is -2.49. The van der Waals surface area contributed by atoms with Crippen molar-refractivity contribution in [2.45, 2.75) is 44.3 Å². The Bertz CT molecular complexity index is 187. The summed E-state index contributed by atoms with van der Waals surface area (Å²) in [5, 5.41) is 10.6. The van der Waals surface area contributed by atoms with Crippen molar-refractivity contribution in [1.29, 1.82) is 0 Å². The van der Waals surface area contributed by atoms with Crippen molar-refractivity contribution >= 4 is 24.4 Å². The second-order valence-electron chi connectivity index (χ2n) is 3.16. The molecule has 76 valence electrons. The monoisotopic (exact) mass is 203 g/mol. The number of carbonyl (C=O) groups is 2. The van der Waals surface area contributed by atoms with E-state index in [-0.39, 0.29) is 6.42 Å². The summed E-state index contributed by atoms with van der Waals surface area (Å²) in [6.07, 6.45) is 2.83. The van der Waals surface area contributed by atoms with Gasteiger partial charge in [0.1, 0.15) is 4.75 Å². The number of unbranched alkanes of at least 4 members (excludes halogenated alkanes) is 2. The van der Waals surface area contributed by atoms with E-state index in [9.17, 15) is 14.7 Å². The third kappa shape index (κ3) is 3.38. The van der Waals surface area contributed by atoms with Crippen molar-refractivity contribution in [2.24, 2.45) is 0 Å². The van der Waals surface area contributed by atoms with Crippen molar-refractivity contribution in [3.63, 3.8) is 0 Å². The molecule has 0 aliphatic heterocycles. The van der Waals surface area contributed by atoms with Crippen LogP contribution in [0.1, 0.15) is 39.5 Å². The number of carboxylic acids is 1. The molecule has 0 rings (SSSR count). The number of thiol groups is 1. The van der Waals surface area contributed by atoms with Gasteiger partial charge in [0.25, 0.3) is 0 Å². The fourth-order valence-electron chi connectivity index (χ4n) is 1.05. The highest BCUT2D eigenvalue weighted by molar-refractivity contribution is 7.83. The van der Waals surface area contributed by atoms with Crippen LogP contribution in [0, 0.1) is 0 Å². The molecular formula is C9H15O3S-. The number of ketones is 1. The Morgan fingerprint density at radius 3 is 2.23 bits per heavy atom. The lowest BCUT2D eigenvalue weighted by atomic mass is 9.96. The topological polar surface area (TPSA) is 57.2 Å². The van der Waals surface area contributed by atoms with Crippen molar-refractivity contribution in [2.75, 3.05) is 0 Å². The van der Waals surface area contributed by atoms with E-state index in [1.54, 1.807) is 0 Å². The lowest BCUT2D eigenvalue weighted by molar-refractivity contribution is -0.307. The van der Waals surface area contributed by atoms with Gasteiger partial charge in [-0.2, -0.15) is 12.6 Å². The quantitative estimate of drug-likeness (QED) is 0.390. The van der Waals surface area contributed by atoms with E-state index in [0.29, 0.717) is 6.42 Å². The first-order valence-electron chi connectivity index (χ1n) is 4.40. The van der Waals surface area contributed by atoms with Gasteiger partial charge in [-0.05, 0) is 13.3 Å². The molecule has 4 heteroatoms. The van der Waals surface area contributed by atoms with Crippen LogP contribution in [0.15, 0.2) is 0 Å². The molecule has 0 fully saturated rings. The fourth-order valence-corrected chi connectivity index (χ4v) is 1.21. The molecule has 0 aliphatic rings. The molecule has 0 aliphatic carbocycles. The van der Waals surface area contributed by atoms with Gasteiger partial charge in [-0.1, -0.05) is 26.2 Å². The fraction of sp³-hybridized carbons (Fsp3) is 0.778. The van der Waals surface area contributed by atoms with E-state index >= 15 is 0 Å². The van der Waals surface area contributed by atoms with Gasteiger partial charge >= 0.3 is 0 Å². The molecule has 0 aromatic carbocycles. The van der Waals surface area contributed by atoms with Crippen LogP contribution in [0.2, 0.25) is 0 Å². The Kier molecular flexibility index (Phi) is 5.06. The standard InChI is InChI=1S/C9H16O3S/c1-3-4-5-6-9(13,7(2)10)8(11)12/h13H,3-6H2,1-2H3,(H,11,12)/p-1. The number of aliphatic carboxylic acids is 1. The van der Waals surface area contributed by atoms with Gasteiger partial charge < -0.3 is 9.90 Å². The molecule has 1 unspecified atom stereocenters. The predicted octanol–water partition coefficient (Wildman–Crippen LogP) is 0.574. The van der Waals surface area contributed by atoms with Gasteiger partial charge in [0.15, 0.2) is 5.78 Å². The highest BCUT2D eigenvalue weighted by Crippen LogP contribution is 2.23. The van der Waals surface area contributed by atoms with Crippen molar-refractivity contribution in [3.8, 4) is 0 Å². The molecule has 1 atom stereocenters. The van der Waals surface area contributed by atoms with Crippen LogP contribution in [-0.2, 0) is 9.59 Å². The van der Waals surface area contributed by atoms with Gasteiger partial charge in [0.05, 0.1) is 5.97 Å². The van der Waals surface area contributed by atoms with Crippen LogP contribution in [0.3, 0.4) is 0 Å². The van der Waals surface area contributed by atoms with Crippen LogP contribution < -0.4 is 5.11 Å². The maximum Gasteiger partial charge on any atom is 0.151 e. The number of hydrogen-bond acceptors (Lipinski definition) is 4. The molecule has 0 heterocycles. The molecule has 0 bridgehead atoms. The number of hydrogen-bond donors (Lipinski definition) is 1. The van der Waals surface area contributed by atoms with E-state index in [4.69, 9.17) is 0 Å². The smallest absolute Gasteiger partial charge is 0.151 e. The average Bonchev–Trinajstić information content (AvgIpc) is 2.03. The minimum Gasteiger partial charge on any atom is -0.548 e. The molecule has 0 saturated heterocycles. The molecule has 0 N–H and O–H groups in total. The molecule has 0 spiro atoms. The van der Waals surface area contributed by atoms with E-state index < -0.39 is 16.5 Å². The van der Waals surface area contributed by atoms with E-state index in [1.807, 2.05) is 6.92 Å². The zero-order valence-electron chi connectivity index (χ0n) is 8.00. The van der Waals surface area contributed by atoms with Crippen LogP contribution in [-0.4, -0.2) is 16.5 Å². The third-order valence-corrected chi connectivity index (χ3v) is 2.78. The summed E-state index contributed by atoms with van der Waals surface area (Å²) in [4.78, 5) is 21.7. The lowest BCUT2D eigenvalue weighted by Gasteiger charge is -2.26. The van der Waals surface area contributed by atoms with Gasteiger partial charge in [-0.25, -0.2) is 0 Å². The Morgan fingerprint density at radius 1 is 1.38 bits per heavy atom. The zero-order chi connectivity index (χ0) is 10.5. The summed E-state index contributed by atoms with van der Waals surface area (Å²) < 4.78 is -1.59. The summed E-state index contributed by atoms with van der Waals surface area (Å²) in [5.41, 5.74) is 0. The number of carbonyl (C=O) groups excluding carboxylic acids is 2. The first-order valence-corrected chi connectivity index (χ1v) is 4.84. The SMILES string of the molecule is CCCCCC(S)(C(C)=O)C(=O)[O-]. The highest BCUT2D eigenvalue weighted by Gasteiger charge is 2.31. The number of carboxylic acid groups (broad SMARTS) is 1. The summed E-state index contributed by atoms with van der Waals surface area (Å²) in [7, 11) is 0. The van der Waals surface area contributed by atoms with Gasteiger partial charge in [0.2, 0.25) is 0 Å². The first kappa shape index (κ1) is 12.5. The zero-order valence-corrected chi connectivity index (χ0v) is 8.89. The molecule has 0 aromatic heterocycles. The largest absolute Gasteiger partial charge is 0.548 e. The van der Waals surface area contributed by atoms with Crippen LogP contribution in [0.25, 0.3) is 0 Å². The summed E-state index contributed by atoms with van der Waals surface area (Å²) in [6, 6.07) is 0. The third-order valence-electron chi connectivity index (χ3n) is 2.06. The highest BCUT2D eigenvalue weighted by atomic mass is 32.1. The van der Waals surface area contributed by atoms with Crippen LogP contribution >= 0.6 is 12.6 Å². The van der Waals surface area contributed by atoms with Crippen LogP contribution in [0.4, 0.5) is 0 Å². The summed E-state index contributed by atoms with van der Waals surface area (Å²) in [6.45, 7) is 3.24. The van der Waals surface area contributed by atoms with Gasteiger partial charge in [0, 0.05) is 0 Å². The Balaban J connectivity index is 4.26. The minimum atomic E-state index is -1.59. The molecule has 13 heavy (non-hydrogen) atoms. The molecule has 0 amide bonds. The van der Waals surface area contributed by atoms with Gasteiger partial charge in [-0.15, -0.1) is 0 Å². The molecular weight excluding hydrogens is 188 g/mol. The Labute approximate surface area is 83.9 Å². The van der Waals surface area contributed by atoms with E-state index in [0.717, 1.165) is 12.8 Å². The average molecular weight is 203 g/mol. The van der Waals surface area contributed by atoms with Crippen molar-refractivity contribution in [3.05, 3.63) is 0 Å². The summed E-state index contributed by atoms with van der Waals surface area (Å²) in [5.74, 6) is -1.84. The molecule has 0 saturated carbocycles. The molecule has 3 nitrogen and oxygen atoms in total. The number of rotatable bonds is 6. The maximum absolute atomic E-state index is 11.0. The predicted molar refractivity (Wildman–Crippen MR) is 51.5 cm³/mol. The first-order chi connectivity index (χ1) is 5.95. The minimum absolute atomic E-state index is 0.252.